The van der Waals surface area contributed by atoms with Gasteiger partial charge in [-0.1, -0.05) is 0 Å². The van der Waals surface area contributed by atoms with Crippen molar-refractivity contribution in [3.63, 3.8) is 0 Å². The number of aliphatic hydroxyl groups is 15. The van der Waals surface area contributed by atoms with Gasteiger partial charge in [0, 0.05) is 13.8 Å². The molecule has 0 aromatic carbocycles. The van der Waals surface area contributed by atoms with Gasteiger partial charge in [0.1, 0.15) is 128 Å². The first-order valence-electron chi connectivity index (χ1n) is 19.4. The van der Waals surface area contributed by atoms with E-state index in [2.05, 4.69) is 10.6 Å². The molecule has 0 saturated carbocycles. The summed E-state index contributed by atoms with van der Waals surface area (Å²) in [5.41, 5.74) is 0. The number of rotatable bonds is 19. The number of carbonyl (C=O) groups excluding carboxylic acids is 3. The number of amides is 2. The number of hydrogen-bond acceptors (Lipinski definition) is 26. The number of carbonyl (C=O) groups is 3. The van der Waals surface area contributed by atoms with Crippen molar-refractivity contribution in [2.45, 2.75) is 161 Å². The Morgan fingerprint density at radius 3 is 1.61 bits per heavy atom. The SMILES string of the molecule is CC(=O)N[C@@H]1[C@H](O[C@H]([C@@H](O)[C@@H](C=O)NC(C)=O)[C@H](O)CO)O[C@H](CO)[C@@H](O[C@H]2O[C@@H](CO[C@@H]3O[C@H](CO)[C@H](O)[C@H](O)[C@@H]3O)[C@H](O)[C@@H](O[C@@H]3O[C@H](CO)[C@@H](O)[C@H](O)[C@@H]3O)[C@@H]2O)[C@@H]1O. The predicted molar refractivity (Wildman–Crippen MR) is 191 cm³/mol. The van der Waals surface area contributed by atoms with Crippen LogP contribution in [-0.4, -0.2) is 275 Å². The van der Waals surface area contributed by atoms with Gasteiger partial charge in [0.25, 0.3) is 0 Å². The first-order valence-corrected chi connectivity index (χ1v) is 19.4. The molecule has 360 valence electrons. The fraction of sp³-hybridized carbons (Fsp3) is 0.912. The first kappa shape index (κ1) is 52.3. The van der Waals surface area contributed by atoms with Gasteiger partial charge in [-0.15, -0.1) is 0 Å². The third-order valence-electron chi connectivity index (χ3n) is 10.6. The van der Waals surface area contributed by atoms with Crippen molar-refractivity contribution in [1.29, 1.82) is 0 Å². The zero-order valence-corrected chi connectivity index (χ0v) is 33.2. The molecule has 0 bridgehead atoms. The molecule has 4 rings (SSSR count). The molecule has 24 atom stereocenters. The molecule has 4 saturated heterocycles. The van der Waals surface area contributed by atoms with Gasteiger partial charge in [-0.2, -0.15) is 0 Å². The van der Waals surface area contributed by atoms with E-state index in [9.17, 15) is 91.0 Å². The summed E-state index contributed by atoms with van der Waals surface area (Å²) in [6, 6.07) is -3.51. The maximum atomic E-state index is 12.4. The van der Waals surface area contributed by atoms with Crippen LogP contribution in [0, 0.1) is 0 Å². The lowest BCUT2D eigenvalue weighted by atomic mass is 9.94. The van der Waals surface area contributed by atoms with Crippen LogP contribution in [-0.2, 0) is 52.3 Å². The van der Waals surface area contributed by atoms with E-state index in [1.54, 1.807) is 0 Å². The van der Waals surface area contributed by atoms with Gasteiger partial charge in [0.2, 0.25) is 11.8 Å². The van der Waals surface area contributed by atoms with Crippen molar-refractivity contribution in [3.8, 4) is 0 Å². The second kappa shape index (κ2) is 23.2. The molecular weight excluding hydrogens is 852 g/mol. The molecule has 28 heteroatoms. The average molecular weight is 911 g/mol. The first-order chi connectivity index (χ1) is 29.2. The van der Waals surface area contributed by atoms with E-state index in [0.717, 1.165) is 13.8 Å². The standard InChI is InChI=1S/C34H58N2O26/c1-9(42)35-11(3-37)18(45)28(12(44)4-38)60-31-17(36-10(2)43)22(49)29(15(7-41)58-31)61-34-27(54)30(62-33-26(53)24(51)20(47)14(6-40)57-33)21(48)16(59-34)8-55-32-25(52)23(50)19(46)13(5-39)56-32/h3,11-34,38-41,44-54H,4-8H2,1-2H3,(H,35,42)(H,36,43)/t11-,12-,13-,14-,15-,16+,17+,18+,19+,20-,21+,22-,23+,24+,25+,26+,27+,28+,29-,30-,31+,32-,33+,34-/m1/s1. The van der Waals surface area contributed by atoms with Crippen molar-refractivity contribution < 1.29 is 129 Å². The molecule has 0 radical (unpaired) electrons. The molecule has 0 aliphatic carbocycles. The van der Waals surface area contributed by atoms with E-state index in [1.807, 2.05) is 0 Å². The Hall–Kier alpha value is -2.31. The zero-order valence-electron chi connectivity index (χ0n) is 33.2. The van der Waals surface area contributed by atoms with Gasteiger partial charge in [-0.25, -0.2) is 0 Å². The van der Waals surface area contributed by atoms with Crippen molar-refractivity contribution in [3.05, 3.63) is 0 Å². The molecule has 4 aliphatic heterocycles. The number of aliphatic hydroxyl groups excluding tert-OH is 15. The predicted octanol–water partition coefficient (Wildman–Crippen LogP) is -11.8. The molecule has 4 fully saturated rings. The van der Waals surface area contributed by atoms with E-state index >= 15 is 0 Å². The van der Waals surface area contributed by atoms with E-state index < -0.39 is 192 Å². The van der Waals surface area contributed by atoms with Crippen LogP contribution in [0.1, 0.15) is 13.8 Å². The molecule has 0 unspecified atom stereocenters. The highest BCUT2D eigenvalue weighted by Crippen LogP contribution is 2.34. The van der Waals surface area contributed by atoms with Gasteiger partial charge in [0.05, 0.1) is 33.0 Å². The second-order valence-electron chi connectivity index (χ2n) is 15.1. The second-order valence-corrected chi connectivity index (χ2v) is 15.1. The van der Waals surface area contributed by atoms with E-state index in [-0.39, 0.29) is 6.29 Å². The fourth-order valence-corrected chi connectivity index (χ4v) is 7.23. The van der Waals surface area contributed by atoms with Crippen molar-refractivity contribution in [2.75, 3.05) is 33.0 Å². The molecule has 28 nitrogen and oxygen atoms in total. The highest BCUT2D eigenvalue weighted by atomic mass is 16.8. The van der Waals surface area contributed by atoms with Crippen LogP contribution >= 0.6 is 0 Å². The molecular formula is C34H58N2O26. The Bertz CT molecular complexity index is 1420. The zero-order chi connectivity index (χ0) is 46.3. The van der Waals surface area contributed by atoms with Crippen molar-refractivity contribution in [2.24, 2.45) is 0 Å². The van der Waals surface area contributed by atoms with Crippen molar-refractivity contribution >= 4 is 18.1 Å². The van der Waals surface area contributed by atoms with Gasteiger partial charge in [0.15, 0.2) is 25.2 Å². The molecule has 17 N–H and O–H groups in total. The summed E-state index contributed by atoms with van der Waals surface area (Å²) in [6.45, 7) is -2.77. The Labute approximate surface area is 351 Å². The smallest absolute Gasteiger partial charge is 0.217 e. The van der Waals surface area contributed by atoms with Crippen LogP contribution in [0.25, 0.3) is 0 Å². The largest absolute Gasteiger partial charge is 0.394 e. The minimum absolute atomic E-state index is 0.0952. The highest BCUT2D eigenvalue weighted by molar-refractivity contribution is 5.77. The Kier molecular flexibility index (Phi) is 19.6. The van der Waals surface area contributed by atoms with Crippen LogP contribution in [0.2, 0.25) is 0 Å². The number of aldehydes is 1. The summed E-state index contributed by atoms with van der Waals surface area (Å²) in [5.74, 6) is -1.64. The lowest BCUT2D eigenvalue weighted by molar-refractivity contribution is -0.382. The minimum atomic E-state index is -2.21. The van der Waals surface area contributed by atoms with E-state index in [4.69, 9.17) is 37.9 Å². The summed E-state index contributed by atoms with van der Waals surface area (Å²) in [7, 11) is 0. The van der Waals surface area contributed by atoms with Crippen LogP contribution in [0.4, 0.5) is 0 Å². The number of ether oxygens (including phenoxy) is 8. The topological polar surface area (TPSA) is 453 Å². The lowest BCUT2D eigenvalue weighted by Crippen LogP contribution is -2.69. The molecule has 0 spiro atoms. The van der Waals surface area contributed by atoms with Crippen LogP contribution < -0.4 is 10.6 Å². The van der Waals surface area contributed by atoms with Crippen LogP contribution in [0.15, 0.2) is 0 Å². The van der Waals surface area contributed by atoms with E-state index in [0.29, 0.717) is 0 Å². The van der Waals surface area contributed by atoms with Crippen LogP contribution in [0.5, 0.6) is 0 Å². The van der Waals surface area contributed by atoms with Gasteiger partial charge in [-0.05, 0) is 0 Å². The summed E-state index contributed by atoms with van der Waals surface area (Å²) >= 11 is 0. The Morgan fingerprint density at radius 1 is 0.597 bits per heavy atom. The molecule has 0 aromatic rings. The average Bonchev–Trinajstić information content (AvgIpc) is 3.24. The minimum Gasteiger partial charge on any atom is -0.394 e. The third kappa shape index (κ3) is 11.9. The maximum Gasteiger partial charge on any atom is 0.217 e. The van der Waals surface area contributed by atoms with Gasteiger partial charge in [-0.3, -0.25) is 9.59 Å². The molecule has 0 aromatic heterocycles. The number of hydrogen-bond donors (Lipinski definition) is 17. The highest BCUT2D eigenvalue weighted by Gasteiger charge is 2.55. The molecule has 4 heterocycles. The Morgan fingerprint density at radius 2 is 1.10 bits per heavy atom. The monoisotopic (exact) mass is 910 g/mol. The summed E-state index contributed by atoms with van der Waals surface area (Å²) in [4.78, 5) is 35.8. The summed E-state index contributed by atoms with van der Waals surface area (Å²) in [5, 5.41) is 162. The normalized spacial score (nSPS) is 43.5. The summed E-state index contributed by atoms with van der Waals surface area (Å²) in [6.07, 6.45) is -42.2. The van der Waals surface area contributed by atoms with Gasteiger partial charge < -0.3 is 130 Å². The molecule has 62 heavy (non-hydrogen) atoms. The maximum absolute atomic E-state index is 12.4. The quantitative estimate of drug-likeness (QED) is 0.0535. The van der Waals surface area contributed by atoms with Crippen molar-refractivity contribution in [1.82, 2.24) is 10.6 Å². The Balaban J connectivity index is 1.65. The molecule has 2 amide bonds. The van der Waals surface area contributed by atoms with Gasteiger partial charge >= 0.3 is 0 Å². The number of nitrogens with one attached hydrogen (secondary N) is 2. The summed E-state index contributed by atoms with van der Waals surface area (Å²) < 4.78 is 45.0. The lowest BCUT2D eigenvalue weighted by Gasteiger charge is -2.49. The van der Waals surface area contributed by atoms with Crippen LogP contribution in [0.3, 0.4) is 0 Å². The van der Waals surface area contributed by atoms with E-state index in [1.165, 1.54) is 0 Å². The molecule has 4 aliphatic rings. The fourth-order valence-electron chi connectivity index (χ4n) is 7.23. The third-order valence-corrected chi connectivity index (χ3v) is 10.6.